The van der Waals surface area contributed by atoms with Gasteiger partial charge >= 0.3 is 0 Å². The third-order valence-corrected chi connectivity index (χ3v) is 5.53. The van der Waals surface area contributed by atoms with Crippen LogP contribution in [0.3, 0.4) is 0 Å². The molecule has 0 fully saturated rings. The quantitative estimate of drug-likeness (QED) is 0.447. The topological polar surface area (TPSA) is 110 Å². The van der Waals surface area contributed by atoms with Crippen LogP contribution in [0.25, 0.3) is 17.2 Å². The number of aromatic nitrogens is 4. The average molecular weight is 431 g/mol. The van der Waals surface area contributed by atoms with Gasteiger partial charge in [-0.15, -0.1) is 0 Å². The number of carbonyl (C=O) groups excluding carboxylic acids is 1. The molecular formula is C23H22FN7O. The summed E-state index contributed by atoms with van der Waals surface area (Å²) in [5.74, 6) is 0.328. The molecule has 4 aromatic rings. The number of pyridine rings is 1. The maximum atomic E-state index is 13.6. The molecule has 1 aliphatic rings. The summed E-state index contributed by atoms with van der Waals surface area (Å²) >= 11 is 0. The molecule has 0 atom stereocenters. The predicted octanol–water partition coefficient (Wildman–Crippen LogP) is 3.31. The predicted molar refractivity (Wildman–Crippen MR) is 120 cm³/mol. The van der Waals surface area contributed by atoms with Gasteiger partial charge < -0.3 is 16.4 Å². The molecule has 4 N–H and O–H groups in total. The van der Waals surface area contributed by atoms with Gasteiger partial charge in [-0.1, -0.05) is 12.1 Å². The fourth-order valence-electron chi connectivity index (χ4n) is 4.05. The van der Waals surface area contributed by atoms with Gasteiger partial charge in [0, 0.05) is 19.3 Å². The van der Waals surface area contributed by atoms with Gasteiger partial charge in [-0.2, -0.15) is 0 Å². The Kier molecular flexibility index (Phi) is 4.93. The minimum Gasteiger partial charge on any atom is -0.381 e. The monoisotopic (exact) mass is 431 g/mol. The normalized spacial score (nSPS) is 12.9. The van der Waals surface area contributed by atoms with Crippen LogP contribution in [0.1, 0.15) is 33.7 Å². The highest BCUT2D eigenvalue weighted by atomic mass is 19.1. The zero-order valence-corrected chi connectivity index (χ0v) is 17.5. The molecule has 1 aliphatic heterocycles. The van der Waals surface area contributed by atoms with E-state index < -0.39 is 5.91 Å². The summed E-state index contributed by atoms with van der Waals surface area (Å²) in [4.78, 5) is 26.0. The third kappa shape index (κ3) is 3.51. The molecular weight excluding hydrogens is 409 g/mol. The van der Waals surface area contributed by atoms with Crippen molar-refractivity contribution in [3.05, 3.63) is 70.9 Å². The SMILES string of the molecule is Cc1nc2c(C(N)=O)cccn2c1-c1nc2c(c(NCc3cccc(F)c3)n1)NCCC2. The zero-order chi connectivity index (χ0) is 22.2. The summed E-state index contributed by atoms with van der Waals surface area (Å²) in [7, 11) is 0. The van der Waals surface area contributed by atoms with E-state index in [0.717, 1.165) is 36.3 Å². The maximum Gasteiger partial charge on any atom is 0.252 e. The fraction of sp³-hybridized carbons (Fsp3) is 0.217. The lowest BCUT2D eigenvalue weighted by atomic mass is 10.1. The van der Waals surface area contributed by atoms with E-state index in [0.29, 0.717) is 40.8 Å². The summed E-state index contributed by atoms with van der Waals surface area (Å²) < 4.78 is 15.4. The van der Waals surface area contributed by atoms with Crippen LogP contribution in [0.15, 0.2) is 42.6 Å². The number of halogens is 1. The number of hydrogen-bond acceptors (Lipinski definition) is 6. The first-order valence-electron chi connectivity index (χ1n) is 10.4. The van der Waals surface area contributed by atoms with Gasteiger partial charge in [0.05, 0.1) is 22.6 Å². The highest BCUT2D eigenvalue weighted by Gasteiger charge is 2.22. The molecule has 0 saturated heterocycles. The molecule has 3 aromatic heterocycles. The Bertz CT molecular complexity index is 1350. The van der Waals surface area contributed by atoms with E-state index in [1.165, 1.54) is 12.1 Å². The van der Waals surface area contributed by atoms with E-state index in [1.807, 2.05) is 19.2 Å². The fourth-order valence-corrected chi connectivity index (χ4v) is 4.05. The molecule has 0 spiro atoms. The molecule has 5 rings (SSSR count). The number of nitrogens with zero attached hydrogens (tertiary/aromatic N) is 4. The number of fused-ring (bicyclic) bond motifs is 2. The summed E-state index contributed by atoms with van der Waals surface area (Å²) in [6, 6.07) is 9.86. The highest BCUT2D eigenvalue weighted by molar-refractivity contribution is 5.99. The van der Waals surface area contributed by atoms with E-state index in [1.54, 1.807) is 22.6 Å². The van der Waals surface area contributed by atoms with Crippen LogP contribution < -0.4 is 16.4 Å². The summed E-state index contributed by atoms with van der Waals surface area (Å²) in [6.07, 6.45) is 3.59. The second-order valence-electron chi connectivity index (χ2n) is 7.76. The van der Waals surface area contributed by atoms with Crippen LogP contribution in [-0.2, 0) is 13.0 Å². The van der Waals surface area contributed by atoms with Crippen molar-refractivity contribution in [2.24, 2.45) is 5.73 Å². The number of anilines is 2. The van der Waals surface area contributed by atoms with Gasteiger partial charge in [-0.3, -0.25) is 9.20 Å². The number of imidazole rings is 1. The standard InChI is InChI=1S/C23H22FN7O/c1-13-19(31-10-4-7-16(20(25)32)23(31)28-13)22-29-17-8-3-9-26-18(17)21(30-22)27-12-14-5-2-6-15(24)11-14/h2,4-7,10-11,26H,3,8-9,12H2,1H3,(H2,25,32)(H,27,29,30). The van der Waals surface area contributed by atoms with E-state index in [2.05, 4.69) is 15.6 Å². The Labute approximate surface area is 183 Å². The minimum absolute atomic E-state index is 0.278. The molecule has 162 valence electrons. The first-order valence-corrected chi connectivity index (χ1v) is 10.4. The van der Waals surface area contributed by atoms with Crippen molar-refractivity contribution in [2.45, 2.75) is 26.3 Å². The smallest absolute Gasteiger partial charge is 0.252 e. The van der Waals surface area contributed by atoms with Crippen LogP contribution in [0.2, 0.25) is 0 Å². The molecule has 8 nitrogen and oxygen atoms in total. The number of primary amides is 1. The number of nitrogens with two attached hydrogens (primary N) is 1. The van der Waals surface area contributed by atoms with Crippen LogP contribution in [0, 0.1) is 12.7 Å². The number of amides is 1. The van der Waals surface area contributed by atoms with Crippen molar-refractivity contribution < 1.29 is 9.18 Å². The highest BCUT2D eigenvalue weighted by Crippen LogP contribution is 2.32. The molecule has 9 heteroatoms. The van der Waals surface area contributed by atoms with E-state index >= 15 is 0 Å². The molecule has 1 amide bonds. The Balaban J connectivity index is 1.61. The third-order valence-electron chi connectivity index (χ3n) is 5.53. The average Bonchev–Trinajstić information content (AvgIpc) is 3.13. The lowest BCUT2D eigenvalue weighted by Gasteiger charge is -2.21. The molecule has 0 saturated carbocycles. The van der Waals surface area contributed by atoms with Gasteiger partial charge in [-0.25, -0.2) is 19.3 Å². The zero-order valence-electron chi connectivity index (χ0n) is 17.5. The van der Waals surface area contributed by atoms with Crippen molar-refractivity contribution in [1.82, 2.24) is 19.4 Å². The van der Waals surface area contributed by atoms with Gasteiger partial charge in [0.1, 0.15) is 17.2 Å². The Morgan fingerprint density at radius 1 is 1.25 bits per heavy atom. The summed E-state index contributed by atoms with van der Waals surface area (Å²) in [5, 5.41) is 6.71. The van der Waals surface area contributed by atoms with Crippen molar-refractivity contribution in [3.8, 4) is 11.5 Å². The Morgan fingerprint density at radius 2 is 2.12 bits per heavy atom. The minimum atomic E-state index is -0.542. The van der Waals surface area contributed by atoms with Gasteiger partial charge in [0.2, 0.25) is 0 Å². The summed E-state index contributed by atoms with van der Waals surface area (Å²) in [6.45, 7) is 3.11. The van der Waals surface area contributed by atoms with E-state index in [-0.39, 0.29) is 5.82 Å². The molecule has 0 aliphatic carbocycles. The Hall–Kier alpha value is -4.01. The van der Waals surface area contributed by atoms with Crippen LogP contribution >= 0.6 is 0 Å². The van der Waals surface area contributed by atoms with Gasteiger partial charge in [-0.05, 0) is 49.6 Å². The van der Waals surface area contributed by atoms with Crippen molar-refractivity contribution in [3.63, 3.8) is 0 Å². The largest absolute Gasteiger partial charge is 0.381 e. The molecule has 1 aromatic carbocycles. The first-order chi connectivity index (χ1) is 15.5. The number of hydrogen-bond donors (Lipinski definition) is 3. The van der Waals surface area contributed by atoms with E-state index in [4.69, 9.17) is 15.7 Å². The lowest BCUT2D eigenvalue weighted by molar-refractivity contribution is 0.100. The Morgan fingerprint density at radius 3 is 2.94 bits per heavy atom. The van der Waals surface area contributed by atoms with Crippen molar-refractivity contribution >= 4 is 23.1 Å². The van der Waals surface area contributed by atoms with Crippen LogP contribution in [-0.4, -0.2) is 31.8 Å². The van der Waals surface area contributed by atoms with E-state index in [9.17, 15) is 9.18 Å². The second kappa shape index (κ2) is 7.92. The number of carbonyl (C=O) groups is 1. The van der Waals surface area contributed by atoms with Crippen molar-refractivity contribution in [1.29, 1.82) is 0 Å². The molecule has 0 radical (unpaired) electrons. The second-order valence-corrected chi connectivity index (χ2v) is 7.76. The van der Waals surface area contributed by atoms with Crippen LogP contribution in [0.5, 0.6) is 0 Å². The first kappa shape index (κ1) is 19.9. The number of benzene rings is 1. The van der Waals surface area contributed by atoms with Gasteiger partial charge in [0.15, 0.2) is 11.6 Å². The molecule has 0 bridgehead atoms. The van der Waals surface area contributed by atoms with Crippen molar-refractivity contribution in [2.75, 3.05) is 17.2 Å². The van der Waals surface area contributed by atoms with Crippen LogP contribution in [0.4, 0.5) is 15.9 Å². The molecule has 4 heterocycles. The maximum absolute atomic E-state index is 13.6. The lowest BCUT2D eigenvalue weighted by Crippen LogP contribution is -2.18. The number of nitrogens with one attached hydrogen (secondary N) is 2. The number of aryl methyl sites for hydroxylation is 2. The number of rotatable bonds is 5. The molecule has 0 unspecified atom stereocenters. The summed E-state index contributed by atoms with van der Waals surface area (Å²) in [5.41, 5.74) is 10.3. The van der Waals surface area contributed by atoms with Gasteiger partial charge in [0.25, 0.3) is 5.91 Å². The molecule has 32 heavy (non-hydrogen) atoms.